The Morgan fingerprint density at radius 1 is 1.10 bits per heavy atom. The smallest absolute Gasteiger partial charge is 0.265 e. The van der Waals surface area contributed by atoms with E-state index in [-0.39, 0.29) is 0 Å². The molecule has 1 fully saturated rings. The molecule has 1 aromatic carbocycles. The molecule has 0 saturated heterocycles. The molecule has 0 bridgehead atoms. The molecule has 0 radical (unpaired) electrons. The van der Waals surface area contributed by atoms with Crippen LogP contribution in [-0.4, -0.2) is 19.6 Å². The van der Waals surface area contributed by atoms with Crippen molar-refractivity contribution in [2.24, 2.45) is 0 Å². The fourth-order valence-corrected chi connectivity index (χ4v) is 6.25. The van der Waals surface area contributed by atoms with Gasteiger partial charge in [-0.25, -0.2) is 13.1 Å². The second-order valence-corrected chi connectivity index (χ2v) is 10.4. The number of sulfonamides is 1. The maximum Gasteiger partial charge on any atom is 0.265 e. The molecule has 0 spiro atoms. The van der Waals surface area contributed by atoms with Crippen molar-refractivity contribution in [1.29, 1.82) is 0 Å². The molecule has 8 heteroatoms. The summed E-state index contributed by atoms with van der Waals surface area (Å²) >= 11 is 6.35. The summed E-state index contributed by atoms with van der Waals surface area (Å²) in [7, 11) is -3.58. The fraction of sp³-hybridized carbons (Fsp3) is 0.462. The molecular weight excluding hydrogens is 631 g/mol. The highest BCUT2D eigenvalue weighted by atomic mass is 127. The third kappa shape index (κ3) is 4.66. The predicted molar refractivity (Wildman–Crippen MR) is 108 cm³/mol. The molecule has 0 atom stereocenters. The fourth-order valence-electron chi connectivity index (χ4n) is 2.36. The van der Waals surface area contributed by atoms with Crippen LogP contribution in [0.25, 0.3) is 0 Å². The summed E-state index contributed by atoms with van der Waals surface area (Å²) in [6, 6.07) is 3.67. The number of halogens is 3. The lowest BCUT2D eigenvalue weighted by molar-refractivity contribution is 0.0980. The molecule has 0 aliphatic heterocycles. The zero-order valence-corrected chi connectivity index (χ0v) is 18.3. The van der Waals surface area contributed by atoms with Crippen molar-refractivity contribution in [3.63, 3.8) is 0 Å². The highest BCUT2D eigenvalue weighted by Gasteiger charge is 2.29. The normalized spacial score (nSPS) is 16.7. The molecule has 1 aliphatic carbocycles. The lowest BCUT2D eigenvalue weighted by Gasteiger charge is -2.22. The molecule has 1 amide bonds. The summed E-state index contributed by atoms with van der Waals surface area (Å²) < 4.78 is 29.5. The molecule has 116 valence electrons. The molecule has 1 aromatic rings. The maximum absolute atomic E-state index is 12.3. The van der Waals surface area contributed by atoms with Crippen LogP contribution in [0.15, 0.2) is 12.1 Å². The minimum Gasteiger partial charge on any atom is -0.268 e. The minimum absolute atomic E-state index is 0.422. The quantitative estimate of drug-likeness (QED) is 0.401. The van der Waals surface area contributed by atoms with Crippen LogP contribution in [0, 0.1) is 10.7 Å². The van der Waals surface area contributed by atoms with E-state index in [4.69, 9.17) is 0 Å². The van der Waals surface area contributed by atoms with Gasteiger partial charge in [-0.1, -0.05) is 19.3 Å². The van der Waals surface area contributed by atoms with Crippen LogP contribution in [0.5, 0.6) is 0 Å². The first-order valence-corrected chi connectivity index (χ1v) is 11.3. The van der Waals surface area contributed by atoms with E-state index < -0.39 is 21.2 Å². The lowest BCUT2D eigenvalue weighted by atomic mass is 10.0. The van der Waals surface area contributed by atoms with Crippen LogP contribution in [0.1, 0.15) is 42.5 Å². The number of hydrogen-bond acceptors (Lipinski definition) is 3. The number of rotatable bonds is 3. The first-order chi connectivity index (χ1) is 9.81. The topological polar surface area (TPSA) is 63.2 Å². The van der Waals surface area contributed by atoms with Crippen molar-refractivity contribution >= 4 is 83.7 Å². The summed E-state index contributed by atoms with van der Waals surface area (Å²) in [5.41, 5.74) is 0.422. The van der Waals surface area contributed by atoms with Gasteiger partial charge in [0.2, 0.25) is 10.0 Å². The van der Waals surface area contributed by atoms with Crippen LogP contribution in [0.4, 0.5) is 0 Å². The van der Waals surface area contributed by atoms with Gasteiger partial charge in [0.15, 0.2) is 0 Å². The summed E-state index contributed by atoms with van der Waals surface area (Å²) in [5.74, 6) is -0.526. The van der Waals surface area contributed by atoms with Crippen LogP contribution >= 0.6 is 67.8 Å². The van der Waals surface area contributed by atoms with Crippen molar-refractivity contribution in [3.8, 4) is 0 Å². The second-order valence-electron chi connectivity index (χ2n) is 4.99. The van der Waals surface area contributed by atoms with Gasteiger partial charge in [-0.2, -0.15) is 0 Å². The third-order valence-electron chi connectivity index (χ3n) is 3.46. The Morgan fingerprint density at radius 2 is 1.71 bits per heavy atom. The predicted octanol–water partition coefficient (Wildman–Crippen LogP) is 3.89. The Bertz CT molecular complexity index is 655. The Morgan fingerprint density at radius 3 is 2.33 bits per heavy atom. The van der Waals surface area contributed by atoms with Crippen molar-refractivity contribution in [2.75, 3.05) is 0 Å². The summed E-state index contributed by atoms with van der Waals surface area (Å²) in [5, 5.41) is -0.435. The van der Waals surface area contributed by atoms with Crippen LogP contribution < -0.4 is 4.72 Å². The van der Waals surface area contributed by atoms with E-state index >= 15 is 0 Å². The number of benzene rings is 1. The highest BCUT2D eigenvalue weighted by Crippen LogP contribution is 2.25. The molecule has 1 N–H and O–H groups in total. The average molecular weight is 645 g/mol. The zero-order chi connectivity index (χ0) is 15.6. The number of carbonyl (C=O) groups excluding carboxylic acids is 1. The molecule has 21 heavy (non-hydrogen) atoms. The monoisotopic (exact) mass is 645 g/mol. The van der Waals surface area contributed by atoms with Crippen LogP contribution in [0.3, 0.4) is 0 Å². The molecule has 4 nitrogen and oxygen atoms in total. The van der Waals surface area contributed by atoms with Gasteiger partial charge in [-0.05, 0) is 92.7 Å². The van der Waals surface area contributed by atoms with E-state index in [9.17, 15) is 13.2 Å². The van der Waals surface area contributed by atoms with E-state index in [1.54, 1.807) is 6.07 Å². The molecule has 0 unspecified atom stereocenters. The number of hydrogen-bond donors (Lipinski definition) is 1. The summed E-state index contributed by atoms with van der Waals surface area (Å²) in [6.07, 6.45) is 4.19. The van der Waals surface area contributed by atoms with Crippen LogP contribution in [-0.2, 0) is 10.0 Å². The van der Waals surface area contributed by atoms with Gasteiger partial charge in [0.05, 0.1) is 10.8 Å². The third-order valence-corrected chi connectivity index (χ3v) is 8.95. The van der Waals surface area contributed by atoms with Gasteiger partial charge in [0, 0.05) is 10.7 Å². The minimum atomic E-state index is -3.58. The van der Waals surface area contributed by atoms with Crippen molar-refractivity contribution < 1.29 is 13.2 Å². The van der Waals surface area contributed by atoms with E-state index in [1.807, 2.05) is 6.07 Å². The van der Waals surface area contributed by atoms with Crippen molar-refractivity contribution in [3.05, 3.63) is 28.4 Å². The standard InChI is InChI=1S/C13H14I3NO3S/c14-8-6-10(12(16)11(15)7-8)13(18)17-21(19,20)9-4-2-1-3-5-9/h6-7,9H,1-5H2,(H,17,18). The molecule has 1 saturated carbocycles. The van der Waals surface area contributed by atoms with Gasteiger partial charge in [-0.3, -0.25) is 4.79 Å². The molecule has 2 rings (SSSR count). The second kappa shape index (κ2) is 7.60. The maximum atomic E-state index is 12.3. The Kier molecular flexibility index (Phi) is 6.58. The summed E-state index contributed by atoms with van der Waals surface area (Å²) in [6.45, 7) is 0. The van der Waals surface area contributed by atoms with Crippen LogP contribution in [0.2, 0.25) is 0 Å². The Hall–Kier alpha value is 0.830. The van der Waals surface area contributed by atoms with E-state index in [0.29, 0.717) is 18.4 Å². The SMILES string of the molecule is O=C(NS(=O)(=O)C1CCCCC1)c1cc(I)cc(I)c1I. The van der Waals surface area contributed by atoms with Gasteiger partial charge >= 0.3 is 0 Å². The van der Waals surface area contributed by atoms with E-state index in [1.165, 1.54) is 0 Å². The van der Waals surface area contributed by atoms with Crippen molar-refractivity contribution in [1.82, 2.24) is 4.72 Å². The van der Waals surface area contributed by atoms with E-state index in [0.717, 1.165) is 30.0 Å². The molecule has 0 aromatic heterocycles. The zero-order valence-electron chi connectivity index (χ0n) is 11.0. The number of carbonyl (C=O) groups is 1. The molecule has 0 heterocycles. The van der Waals surface area contributed by atoms with Gasteiger partial charge in [0.1, 0.15) is 0 Å². The first-order valence-electron chi connectivity index (χ1n) is 6.52. The van der Waals surface area contributed by atoms with Gasteiger partial charge in [-0.15, -0.1) is 0 Å². The Labute approximate surface area is 165 Å². The van der Waals surface area contributed by atoms with Crippen molar-refractivity contribution in [2.45, 2.75) is 37.4 Å². The highest BCUT2D eigenvalue weighted by molar-refractivity contribution is 14.1. The van der Waals surface area contributed by atoms with E-state index in [2.05, 4.69) is 72.5 Å². The largest absolute Gasteiger partial charge is 0.268 e. The number of nitrogens with one attached hydrogen (secondary N) is 1. The lowest BCUT2D eigenvalue weighted by Crippen LogP contribution is -2.39. The Balaban J connectivity index is 2.21. The molecule has 1 aliphatic rings. The average Bonchev–Trinajstić information content (AvgIpc) is 2.43. The number of amides is 1. The summed E-state index contributed by atoms with van der Waals surface area (Å²) in [4.78, 5) is 12.3. The van der Waals surface area contributed by atoms with Gasteiger partial charge in [0.25, 0.3) is 5.91 Å². The first kappa shape index (κ1) is 18.2. The van der Waals surface area contributed by atoms with Gasteiger partial charge < -0.3 is 0 Å². The molecular formula is C13H14I3NO3S.